The lowest BCUT2D eigenvalue weighted by molar-refractivity contribution is -0.153. The molecule has 1 aromatic heterocycles. The molecule has 9 nitrogen and oxygen atoms in total. The van der Waals surface area contributed by atoms with Gasteiger partial charge in [0.2, 0.25) is 5.91 Å². The van der Waals surface area contributed by atoms with Crippen LogP contribution in [0.3, 0.4) is 0 Å². The highest BCUT2D eigenvalue weighted by molar-refractivity contribution is 5.98. The molecule has 9 heteroatoms. The van der Waals surface area contributed by atoms with E-state index in [9.17, 15) is 24.3 Å². The number of carboxylic acids is 1. The molecule has 5 atom stereocenters. The van der Waals surface area contributed by atoms with Gasteiger partial charge in [0, 0.05) is 31.3 Å². The van der Waals surface area contributed by atoms with Crippen LogP contribution in [0.2, 0.25) is 0 Å². The van der Waals surface area contributed by atoms with Crippen molar-refractivity contribution in [1.82, 2.24) is 20.2 Å². The van der Waals surface area contributed by atoms with E-state index in [0.717, 1.165) is 19.3 Å². The van der Waals surface area contributed by atoms with Gasteiger partial charge in [-0.3, -0.25) is 19.4 Å². The van der Waals surface area contributed by atoms with Gasteiger partial charge in [-0.05, 0) is 35.5 Å². The Balaban J connectivity index is 1.83. The van der Waals surface area contributed by atoms with Gasteiger partial charge in [-0.1, -0.05) is 48.0 Å². The average Bonchev–Trinajstić information content (AvgIpc) is 3.35. The highest BCUT2D eigenvalue weighted by atomic mass is 16.4. The Morgan fingerprint density at radius 1 is 1.09 bits per heavy atom. The molecule has 0 unspecified atom stereocenters. The molecule has 0 bridgehead atoms. The quantitative estimate of drug-likeness (QED) is 0.606. The van der Waals surface area contributed by atoms with Gasteiger partial charge in [-0.2, -0.15) is 0 Å². The van der Waals surface area contributed by atoms with Gasteiger partial charge in [0.15, 0.2) is 5.78 Å². The molecule has 2 aliphatic rings. The summed E-state index contributed by atoms with van der Waals surface area (Å²) in [6.07, 6.45) is 6.82. The van der Waals surface area contributed by atoms with Crippen molar-refractivity contribution in [1.29, 1.82) is 0 Å². The van der Waals surface area contributed by atoms with Gasteiger partial charge in [0.25, 0.3) is 5.91 Å². The van der Waals surface area contributed by atoms with E-state index >= 15 is 0 Å². The molecule has 0 radical (unpaired) electrons. The molecule has 1 aliphatic carbocycles. The first-order valence-electron chi connectivity index (χ1n) is 12.3. The Morgan fingerprint density at radius 2 is 1.77 bits per heavy atom. The third-order valence-electron chi connectivity index (χ3n) is 7.43. The number of aliphatic carboxylic acids is 1. The summed E-state index contributed by atoms with van der Waals surface area (Å²) in [4.78, 5) is 61.7. The number of Topliss-reactive ketones (excluding diaryl/α,β-unsaturated/α-hetero) is 1. The fourth-order valence-electron chi connectivity index (χ4n) is 5.53. The molecule has 2 heterocycles. The molecule has 1 saturated heterocycles. The molecule has 0 spiro atoms. The van der Waals surface area contributed by atoms with Crippen LogP contribution in [0.5, 0.6) is 0 Å². The summed E-state index contributed by atoms with van der Waals surface area (Å²) in [5.41, 5.74) is -1.09. The number of carbonyl (C=O) groups is 4. The molecule has 1 aromatic rings. The highest BCUT2D eigenvalue weighted by Gasteiger charge is 2.52. The van der Waals surface area contributed by atoms with E-state index in [1.807, 2.05) is 41.5 Å². The summed E-state index contributed by atoms with van der Waals surface area (Å²) >= 11 is 0. The average molecular weight is 487 g/mol. The highest BCUT2D eigenvalue weighted by Crippen LogP contribution is 2.44. The zero-order valence-electron chi connectivity index (χ0n) is 21.6. The second kappa shape index (κ2) is 10.0. The Labute approximate surface area is 207 Å². The Kier molecular flexibility index (Phi) is 7.67. The molecular formula is C26H38N4O5. The number of carboxylic acid groups (broad SMARTS) is 1. The number of amides is 2. The first-order valence-corrected chi connectivity index (χ1v) is 12.3. The maximum atomic E-state index is 13.8. The van der Waals surface area contributed by atoms with E-state index in [1.54, 1.807) is 0 Å². The van der Waals surface area contributed by atoms with Gasteiger partial charge < -0.3 is 15.3 Å². The van der Waals surface area contributed by atoms with Crippen LogP contribution < -0.4 is 5.32 Å². The number of rotatable bonds is 7. The van der Waals surface area contributed by atoms with E-state index in [-0.39, 0.29) is 35.6 Å². The predicted molar refractivity (Wildman–Crippen MR) is 129 cm³/mol. The molecule has 3 rings (SSSR count). The molecular weight excluding hydrogens is 448 g/mol. The number of nitrogens with one attached hydrogen (secondary N) is 1. The maximum Gasteiger partial charge on any atom is 0.326 e. The van der Waals surface area contributed by atoms with Crippen molar-refractivity contribution in [3.63, 3.8) is 0 Å². The fourth-order valence-corrected chi connectivity index (χ4v) is 5.53. The predicted octanol–water partition coefficient (Wildman–Crippen LogP) is 2.95. The summed E-state index contributed by atoms with van der Waals surface area (Å²) in [7, 11) is 0. The normalized spacial score (nSPS) is 23.9. The topological polar surface area (TPSA) is 130 Å². The summed E-state index contributed by atoms with van der Waals surface area (Å²) in [5, 5.41) is 12.7. The van der Waals surface area contributed by atoms with Crippen LogP contribution in [0.15, 0.2) is 18.6 Å². The third kappa shape index (κ3) is 5.87. The zero-order valence-corrected chi connectivity index (χ0v) is 21.6. The van der Waals surface area contributed by atoms with E-state index < -0.39 is 40.7 Å². The van der Waals surface area contributed by atoms with Crippen molar-refractivity contribution in [3.8, 4) is 0 Å². The van der Waals surface area contributed by atoms with E-state index in [4.69, 9.17) is 0 Å². The number of fused-ring (bicyclic) bond motifs is 1. The number of hydrogen-bond donors (Lipinski definition) is 2. The van der Waals surface area contributed by atoms with E-state index in [0.29, 0.717) is 6.54 Å². The molecule has 192 valence electrons. The first-order chi connectivity index (χ1) is 16.2. The molecule has 2 N–H and O–H groups in total. The summed E-state index contributed by atoms with van der Waals surface area (Å²) < 4.78 is 0. The van der Waals surface area contributed by atoms with Crippen LogP contribution in [0.25, 0.3) is 0 Å². The summed E-state index contributed by atoms with van der Waals surface area (Å²) in [5.74, 6) is -2.59. The largest absolute Gasteiger partial charge is 0.480 e. The van der Waals surface area contributed by atoms with Gasteiger partial charge in [-0.25, -0.2) is 9.78 Å². The minimum atomic E-state index is -0.976. The van der Waals surface area contributed by atoms with Crippen LogP contribution in [-0.4, -0.2) is 62.2 Å². The first kappa shape index (κ1) is 26.8. The van der Waals surface area contributed by atoms with Crippen molar-refractivity contribution in [3.05, 3.63) is 24.3 Å². The third-order valence-corrected chi connectivity index (χ3v) is 7.43. The summed E-state index contributed by atoms with van der Waals surface area (Å²) in [6, 6.07) is -1.70. The minimum absolute atomic E-state index is 0.0265. The lowest BCUT2D eigenvalue weighted by Crippen LogP contribution is -2.52. The minimum Gasteiger partial charge on any atom is -0.480 e. The van der Waals surface area contributed by atoms with Gasteiger partial charge in [0.1, 0.15) is 11.7 Å². The molecule has 0 aromatic carbocycles. The lowest BCUT2D eigenvalue weighted by Gasteiger charge is -2.37. The van der Waals surface area contributed by atoms with Crippen molar-refractivity contribution in [2.75, 3.05) is 6.54 Å². The zero-order chi connectivity index (χ0) is 26.1. The molecule has 35 heavy (non-hydrogen) atoms. The van der Waals surface area contributed by atoms with Crippen LogP contribution in [-0.2, 0) is 14.4 Å². The Hall–Kier alpha value is -2.84. The van der Waals surface area contributed by atoms with Crippen LogP contribution >= 0.6 is 0 Å². The Morgan fingerprint density at radius 3 is 2.31 bits per heavy atom. The smallest absolute Gasteiger partial charge is 0.326 e. The second-order valence-electron chi connectivity index (χ2n) is 12.1. The molecule has 2 fully saturated rings. The SMILES string of the molecule is CC(C)(C)[C@H](CC(=O)[C@@H](NC(=O)c1cnccn1)C(C)(C)C)C(=O)N1C[C@@H]2CCC[C@@H]2[C@H]1C(=O)O. The van der Waals surface area contributed by atoms with E-state index in [1.165, 1.54) is 23.5 Å². The summed E-state index contributed by atoms with van der Waals surface area (Å²) in [6.45, 7) is 11.6. The number of hydrogen-bond acceptors (Lipinski definition) is 6. The van der Waals surface area contributed by atoms with Crippen LogP contribution in [0.1, 0.15) is 77.7 Å². The van der Waals surface area contributed by atoms with Crippen LogP contribution in [0, 0.1) is 28.6 Å². The standard InChI is InChI=1S/C26H38N4O5/c1-25(2,3)17(23(33)30-14-15-8-7-9-16(15)20(30)24(34)35)12-19(31)21(26(4,5)6)29-22(32)18-13-27-10-11-28-18/h10-11,13,15-17,20-21H,7-9,12,14H2,1-6H3,(H,29,32)(H,34,35)/t15-,16-,17+,20-,21+/m0/s1. The number of carbonyl (C=O) groups excluding carboxylic acids is 3. The van der Waals surface area contributed by atoms with Crippen LogP contribution in [0.4, 0.5) is 0 Å². The number of ketones is 1. The van der Waals surface area contributed by atoms with Crippen molar-refractivity contribution in [2.24, 2.45) is 28.6 Å². The van der Waals surface area contributed by atoms with Crippen molar-refractivity contribution >= 4 is 23.6 Å². The fraction of sp³-hybridized carbons (Fsp3) is 0.692. The number of nitrogens with zero attached hydrogens (tertiary/aromatic N) is 3. The van der Waals surface area contributed by atoms with Crippen molar-refractivity contribution < 1.29 is 24.3 Å². The molecule has 2 amide bonds. The lowest BCUT2D eigenvalue weighted by atomic mass is 9.73. The van der Waals surface area contributed by atoms with Gasteiger partial charge >= 0.3 is 5.97 Å². The maximum absolute atomic E-state index is 13.8. The number of likely N-dealkylation sites (tertiary alicyclic amines) is 1. The second-order valence-corrected chi connectivity index (χ2v) is 12.1. The van der Waals surface area contributed by atoms with Gasteiger partial charge in [0.05, 0.1) is 12.2 Å². The molecule has 1 saturated carbocycles. The van der Waals surface area contributed by atoms with Crippen molar-refractivity contribution in [2.45, 2.75) is 79.3 Å². The Bertz CT molecular complexity index is 966. The van der Waals surface area contributed by atoms with Gasteiger partial charge in [-0.15, -0.1) is 0 Å². The number of aromatic nitrogens is 2. The van der Waals surface area contributed by atoms with E-state index in [2.05, 4.69) is 15.3 Å². The monoisotopic (exact) mass is 486 g/mol. The molecule has 1 aliphatic heterocycles.